The molecule has 0 saturated carbocycles. The van der Waals surface area contributed by atoms with Gasteiger partial charge in [-0.2, -0.15) is 0 Å². The largest absolute Gasteiger partial charge is 0.351 e. The SMILES string of the molecule is CSc1ccc(CNC(=O)C(C)(C)C)s1. The first kappa shape index (κ1) is 12.6. The van der Waals surface area contributed by atoms with Gasteiger partial charge in [0.15, 0.2) is 0 Å². The number of hydrogen-bond donors (Lipinski definition) is 1. The van der Waals surface area contributed by atoms with E-state index in [9.17, 15) is 4.79 Å². The average molecular weight is 243 g/mol. The third kappa shape index (κ3) is 3.87. The first-order valence-corrected chi connectivity index (χ1v) is 6.88. The summed E-state index contributed by atoms with van der Waals surface area (Å²) in [5, 5.41) is 2.94. The Morgan fingerprint density at radius 2 is 2.13 bits per heavy atom. The van der Waals surface area contributed by atoms with Gasteiger partial charge >= 0.3 is 0 Å². The molecule has 1 heterocycles. The summed E-state index contributed by atoms with van der Waals surface area (Å²) in [4.78, 5) is 12.8. The van der Waals surface area contributed by atoms with E-state index >= 15 is 0 Å². The van der Waals surface area contributed by atoms with Crippen LogP contribution in [0.4, 0.5) is 0 Å². The number of nitrogens with one attached hydrogen (secondary N) is 1. The Morgan fingerprint density at radius 1 is 1.47 bits per heavy atom. The second-order valence-electron chi connectivity index (χ2n) is 4.36. The minimum Gasteiger partial charge on any atom is -0.351 e. The van der Waals surface area contributed by atoms with Gasteiger partial charge in [-0.05, 0) is 18.4 Å². The van der Waals surface area contributed by atoms with E-state index in [0.29, 0.717) is 6.54 Å². The standard InChI is InChI=1S/C11H17NOS2/c1-11(2,3)10(13)12-7-8-5-6-9(14-4)15-8/h5-6H,7H2,1-4H3,(H,12,13). The van der Waals surface area contributed by atoms with E-state index in [0.717, 1.165) is 0 Å². The van der Waals surface area contributed by atoms with Crippen LogP contribution < -0.4 is 5.32 Å². The fourth-order valence-electron chi connectivity index (χ4n) is 0.996. The van der Waals surface area contributed by atoms with Gasteiger partial charge in [0.1, 0.15) is 0 Å². The van der Waals surface area contributed by atoms with E-state index in [4.69, 9.17) is 0 Å². The molecule has 0 saturated heterocycles. The highest BCUT2D eigenvalue weighted by atomic mass is 32.2. The van der Waals surface area contributed by atoms with E-state index in [-0.39, 0.29) is 11.3 Å². The Labute approximate surface area is 99.5 Å². The maximum Gasteiger partial charge on any atom is 0.225 e. The zero-order valence-electron chi connectivity index (χ0n) is 9.59. The minimum atomic E-state index is -0.306. The van der Waals surface area contributed by atoms with Gasteiger partial charge in [-0.15, -0.1) is 23.1 Å². The molecule has 0 aliphatic heterocycles. The summed E-state index contributed by atoms with van der Waals surface area (Å²) in [6, 6.07) is 4.16. The second kappa shape index (κ2) is 5.03. The molecule has 0 aliphatic carbocycles. The summed E-state index contributed by atoms with van der Waals surface area (Å²) in [5.41, 5.74) is -0.306. The highest BCUT2D eigenvalue weighted by molar-refractivity contribution is 8.00. The number of hydrogen-bond acceptors (Lipinski definition) is 3. The predicted octanol–water partition coefficient (Wildman–Crippen LogP) is 3.13. The van der Waals surface area contributed by atoms with Crippen molar-refractivity contribution in [1.29, 1.82) is 0 Å². The van der Waals surface area contributed by atoms with Crippen LogP contribution in [0.2, 0.25) is 0 Å². The zero-order chi connectivity index (χ0) is 11.5. The topological polar surface area (TPSA) is 29.1 Å². The van der Waals surface area contributed by atoms with Crippen molar-refractivity contribution < 1.29 is 4.79 Å². The van der Waals surface area contributed by atoms with Crippen molar-refractivity contribution in [2.45, 2.75) is 31.5 Å². The molecular formula is C11H17NOS2. The molecule has 1 N–H and O–H groups in total. The highest BCUT2D eigenvalue weighted by Gasteiger charge is 2.20. The Hall–Kier alpha value is -0.480. The molecule has 15 heavy (non-hydrogen) atoms. The van der Waals surface area contributed by atoms with Crippen molar-refractivity contribution in [2.24, 2.45) is 5.41 Å². The molecule has 1 aromatic heterocycles. The van der Waals surface area contributed by atoms with Crippen LogP contribution in [0.25, 0.3) is 0 Å². The van der Waals surface area contributed by atoms with Crippen molar-refractivity contribution in [3.63, 3.8) is 0 Å². The van der Waals surface area contributed by atoms with Crippen molar-refractivity contribution >= 4 is 29.0 Å². The van der Waals surface area contributed by atoms with E-state index in [1.165, 1.54) is 9.09 Å². The normalized spacial score (nSPS) is 11.5. The quantitative estimate of drug-likeness (QED) is 0.826. The molecule has 0 fully saturated rings. The molecule has 0 bridgehead atoms. The van der Waals surface area contributed by atoms with Crippen molar-refractivity contribution in [3.8, 4) is 0 Å². The molecule has 1 rings (SSSR count). The maximum absolute atomic E-state index is 11.6. The Kier molecular flexibility index (Phi) is 4.22. The first-order chi connectivity index (χ1) is 6.93. The second-order valence-corrected chi connectivity index (χ2v) is 6.63. The van der Waals surface area contributed by atoms with Crippen molar-refractivity contribution in [3.05, 3.63) is 17.0 Å². The summed E-state index contributed by atoms with van der Waals surface area (Å²) in [7, 11) is 0. The lowest BCUT2D eigenvalue weighted by molar-refractivity contribution is -0.128. The monoisotopic (exact) mass is 243 g/mol. The van der Waals surface area contributed by atoms with Gasteiger partial charge in [0.05, 0.1) is 10.8 Å². The van der Waals surface area contributed by atoms with E-state index in [1.807, 2.05) is 20.8 Å². The summed E-state index contributed by atoms with van der Waals surface area (Å²) < 4.78 is 1.29. The van der Waals surface area contributed by atoms with E-state index < -0.39 is 0 Å². The third-order valence-electron chi connectivity index (χ3n) is 1.94. The first-order valence-electron chi connectivity index (χ1n) is 4.84. The van der Waals surface area contributed by atoms with Crippen LogP contribution >= 0.6 is 23.1 Å². The molecule has 0 radical (unpaired) electrons. The molecule has 1 amide bonds. The molecule has 0 aliphatic rings. The molecule has 0 aromatic carbocycles. The van der Waals surface area contributed by atoms with Crippen LogP contribution in [0.3, 0.4) is 0 Å². The van der Waals surface area contributed by atoms with Gasteiger partial charge in [0, 0.05) is 10.3 Å². The summed E-state index contributed by atoms with van der Waals surface area (Å²) in [6.45, 7) is 6.40. The Morgan fingerprint density at radius 3 is 2.60 bits per heavy atom. The summed E-state index contributed by atoms with van der Waals surface area (Å²) >= 11 is 3.47. The predicted molar refractivity (Wildman–Crippen MR) is 67.4 cm³/mol. The lowest BCUT2D eigenvalue weighted by Crippen LogP contribution is -2.34. The Bertz CT molecular complexity index is 339. The number of carbonyl (C=O) groups is 1. The van der Waals surface area contributed by atoms with Gasteiger partial charge in [0.2, 0.25) is 5.91 Å². The molecule has 0 atom stereocenters. The Balaban J connectivity index is 2.47. The number of rotatable bonds is 3. The molecule has 2 nitrogen and oxygen atoms in total. The van der Waals surface area contributed by atoms with Crippen LogP contribution in [0.1, 0.15) is 25.6 Å². The van der Waals surface area contributed by atoms with Gasteiger partial charge in [-0.3, -0.25) is 4.79 Å². The van der Waals surface area contributed by atoms with Crippen molar-refractivity contribution in [2.75, 3.05) is 6.26 Å². The smallest absolute Gasteiger partial charge is 0.225 e. The number of thiophene rings is 1. The van der Waals surface area contributed by atoms with Crippen LogP contribution in [-0.2, 0) is 11.3 Å². The third-order valence-corrected chi connectivity index (χ3v) is 4.11. The van der Waals surface area contributed by atoms with Gasteiger partial charge < -0.3 is 5.32 Å². The summed E-state index contributed by atoms with van der Waals surface area (Å²) in [5.74, 6) is 0.0987. The van der Waals surface area contributed by atoms with E-state index in [1.54, 1.807) is 23.1 Å². The van der Waals surface area contributed by atoms with E-state index in [2.05, 4.69) is 23.7 Å². The molecule has 0 unspecified atom stereocenters. The maximum atomic E-state index is 11.6. The summed E-state index contributed by atoms with van der Waals surface area (Å²) in [6.07, 6.45) is 2.06. The number of amides is 1. The minimum absolute atomic E-state index is 0.0987. The average Bonchev–Trinajstić information content (AvgIpc) is 2.60. The molecule has 0 spiro atoms. The van der Waals surface area contributed by atoms with Crippen LogP contribution in [0, 0.1) is 5.41 Å². The van der Waals surface area contributed by atoms with Crippen LogP contribution in [-0.4, -0.2) is 12.2 Å². The molecule has 4 heteroatoms. The molecular weight excluding hydrogens is 226 g/mol. The van der Waals surface area contributed by atoms with Crippen molar-refractivity contribution in [1.82, 2.24) is 5.32 Å². The highest BCUT2D eigenvalue weighted by Crippen LogP contribution is 2.25. The number of thioether (sulfide) groups is 1. The molecule has 84 valence electrons. The van der Waals surface area contributed by atoms with Gasteiger partial charge in [-0.1, -0.05) is 20.8 Å². The van der Waals surface area contributed by atoms with Gasteiger partial charge in [-0.25, -0.2) is 0 Å². The molecule has 1 aromatic rings. The van der Waals surface area contributed by atoms with Crippen LogP contribution in [0.15, 0.2) is 16.3 Å². The van der Waals surface area contributed by atoms with Crippen LogP contribution in [0.5, 0.6) is 0 Å². The fraction of sp³-hybridized carbons (Fsp3) is 0.545. The lowest BCUT2D eigenvalue weighted by Gasteiger charge is -2.17. The lowest BCUT2D eigenvalue weighted by atomic mass is 9.96. The number of carbonyl (C=O) groups excluding carboxylic acids is 1. The zero-order valence-corrected chi connectivity index (χ0v) is 11.2. The van der Waals surface area contributed by atoms with Gasteiger partial charge in [0.25, 0.3) is 0 Å². The fourth-order valence-corrected chi connectivity index (χ4v) is 2.53.